The molecule has 286 valence electrons. The first-order chi connectivity index (χ1) is 28.0. The molecule has 0 aliphatic carbocycles. The lowest BCUT2D eigenvalue weighted by Gasteiger charge is -2.35. The molecule has 1 fully saturated rings. The van der Waals surface area contributed by atoms with Crippen LogP contribution in [0.3, 0.4) is 0 Å². The van der Waals surface area contributed by atoms with Crippen molar-refractivity contribution in [1.29, 1.82) is 0 Å². The van der Waals surface area contributed by atoms with E-state index in [1.165, 1.54) is 26.5 Å². The minimum absolute atomic E-state index is 0.0360. The van der Waals surface area contributed by atoms with Gasteiger partial charge in [0.15, 0.2) is 0 Å². The van der Waals surface area contributed by atoms with E-state index < -0.39 is 5.97 Å². The van der Waals surface area contributed by atoms with Crippen molar-refractivity contribution in [1.82, 2.24) is 9.80 Å². The van der Waals surface area contributed by atoms with Crippen molar-refractivity contribution in [3.05, 3.63) is 179 Å². The van der Waals surface area contributed by atoms with Crippen molar-refractivity contribution >= 4 is 57.3 Å². The number of anilines is 2. The van der Waals surface area contributed by atoms with E-state index in [0.29, 0.717) is 22.1 Å². The normalized spacial score (nSPS) is 14.1. The van der Waals surface area contributed by atoms with E-state index in [9.17, 15) is 14.4 Å². The quantitative estimate of drug-likeness (QED) is 0.0510. The first-order valence-electron chi connectivity index (χ1n) is 19.4. The summed E-state index contributed by atoms with van der Waals surface area (Å²) in [4.78, 5) is 47.5. The Bertz CT molecular complexity index is 2320. The van der Waals surface area contributed by atoms with Gasteiger partial charge in [0.25, 0.3) is 11.8 Å². The van der Waals surface area contributed by atoms with Crippen molar-refractivity contribution in [3.63, 3.8) is 0 Å². The van der Waals surface area contributed by atoms with Crippen LogP contribution in [0.15, 0.2) is 157 Å². The average Bonchev–Trinajstić information content (AvgIpc) is 3.27. The molecule has 0 bridgehead atoms. The van der Waals surface area contributed by atoms with Crippen LogP contribution in [0.25, 0.3) is 16.3 Å². The number of carbonyl (C=O) groups excluding carboxylic acids is 3. The van der Waals surface area contributed by atoms with Crippen molar-refractivity contribution in [2.45, 2.75) is 4.90 Å². The molecule has 6 aromatic rings. The fourth-order valence-corrected chi connectivity index (χ4v) is 8.33. The van der Waals surface area contributed by atoms with Gasteiger partial charge in [-0.25, -0.2) is 4.79 Å². The number of hydrogen-bond acceptors (Lipinski definition) is 8. The lowest BCUT2D eigenvalue weighted by Crippen LogP contribution is -2.46. The van der Waals surface area contributed by atoms with E-state index in [0.717, 1.165) is 61.8 Å². The molecule has 0 saturated carbocycles. The number of amides is 2. The maximum atomic E-state index is 13.6. The van der Waals surface area contributed by atoms with E-state index in [1.807, 2.05) is 60.7 Å². The van der Waals surface area contributed by atoms with Gasteiger partial charge in [0.1, 0.15) is 6.61 Å². The Kier molecular flexibility index (Phi) is 11.8. The number of esters is 1. The van der Waals surface area contributed by atoms with Crippen molar-refractivity contribution < 1.29 is 19.1 Å². The van der Waals surface area contributed by atoms with Crippen LogP contribution in [0.2, 0.25) is 0 Å². The van der Waals surface area contributed by atoms with Gasteiger partial charge in [-0.05, 0) is 71.3 Å². The average molecular weight is 773 g/mol. The van der Waals surface area contributed by atoms with Crippen LogP contribution < -0.4 is 10.2 Å². The Morgan fingerprint density at radius 2 is 1.30 bits per heavy atom. The minimum Gasteiger partial charge on any atom is -0.460 e. The molecule has 6 aromatic carbocycles. The Morgan fingerprint density at radius 3 is 1.96 bits per heavy atom. The summed E-state index contributed by atoms with van der Waals surface area (Å²) in [7, 11) is 0. The van der Waals surface area contributed by atoms with Crippen molar-refractivity contribution in [2.75, 3.05) is 68.4 Å². The summed E-state index contributed by atoms with van der Waals surface area (Å²) in [6.45, 7) is 5.06. The Labute approximate surface area is 337 Å². The van der Waals surface area contributed by atoms with Crippen LogP contribution in [-0.4, -0.2) is 85.8 Å². The Hall–Kier alpha value is -6.16. The summed E-state index contributed by atoms with van der Waals surface area (Å²) in [5.41, 5.74) is 6.95. The van der Waals surface area contributed by atoms with Gasteiger partial charge in [-0.1, -0.05) is 97.1 Å². The van der Waals surface area contributed by atoms with Crippen LogP contribution >= 0.6 is 11.8 Å². The molecule has 2 aliphatic heterocycles. The van der Waals surface area contributed by atoms with E-state index in [4.69, 9.17) is 4.74 Å². The highest BCUT2D eigenvalue weighted by atomic mass is 32.2. The topological polar surface area (TPSA) is 82.2 Å². The van der Waals surface area contributed by atoms with Gasteiger partial charge < -0.3 is 15.0 Å². The first-order valence-corrected chi connectivity index (χ1v) is 20.4. The number of hydrogen-bond donors (Lipinski definition) is 1. The maximum absolute atomic E-state index is 13.6. The minimum atomic E-state index is -0.494. The van der Waals surface area contributed by atoms with Crippen LogP contribution in [0, 0.1) is 0 Å². The summed E-state index contributed by atoms with van der Waals surface area (Å²) < 4.78 is 5.58. The zero-order chi connectivity index (χ0) is 39.0. The third kappa shape index (κ3) is 8.65. The summed E-state index contributed by atoms with van der Waals surface area (Å²) in [5, 5.41) is 4.97. The molecular formula is C48H44N4O4S. The van der Waals surface area contributed by atoms with Gasteiger partial charge >= 0.3 is 5.97 Å². The van der Waals surface area contributed by atoms with Gasteiger partial charge in [-0.15, -0.1) is 11.8 Å². The molecule has 8 rings (SSSR count). The number of rotatable bonds is 14. The second-order valence-electron chi connectivity index (χ2n) is 14.1. The molecule has 57 heavy (non-hydrogen) atoms. The van der Waals surface area contributed by atoms with Crippen LogP contribution in [0.4, 0.5) is 11.4 Å². The highest BCUT2D eigenvalue weighted by Crippen LogP contribution is 2.34. The number of nitrogens with one attached hydrogen (secondary N) is 1. The van der Waals surface area contributed by atoms with Crippen molar-refractivity contribution in [3.8, 4) is 0 Å². The monoisotopic (exact) mass is 772 g/mol. The van der Waals surface area contributed by atoms with Crippen LogP contribution in [-0.2, 0) is 4.74 Å². The number of imide groups is 1. The molecule has 9 heteroatoms. The van der Waals surface area contributed by atoms with Gasteiger partial charge in [0.05, 0.1) is 12.1 Å². The second kappa shape index (κ2) is 17.7. The number of carbonyl (C=O) groups is 3. The van der Waals surface area contributed by atoms with Gasteiger partial charge in [-0.3, -0.25) is 19.4 Å². The second-order valence-corrected chi connectivity index (χ2v) is 15.2. The predicted octanol–water partition coefficient (Wildman–Crippen LogP) is 8.75. The highest BCUT2D eigenvalue weighted by molar-refractivity contribution is 7.99. The van der Waals surface area contributed by atoms with E-state index in [2.05, 4.69) is 81.9 Å². The molecule has 0 aromatic heterocycles. The molecule has 8 nitrogen and oxygen atoms in total. The van der Waals surface area contributed by atoms with Crippen molar-refractivity contribution in [2.24, 2.45) is 0 Å². The molecule has 0 spiro atoms. The fourth-order valence-electron chi connectivity index (χ4n) is 7.54. The SMILES string of the molecule is O=C(OCCN1C(=O)c2cccc3c(NCCSc4ccccc4)ccc(c23)C1=O)c1ccc(N2CCN(CC=C(c3ccccc3)c3ccccc3)CC2)cc1. The van der Waals surface area contributed by atoms with E-state index in [1.54, 1.807) is 36.0 Å². The molecule has 2 amide bonds. The Morgan fingerprint density at radius 1 is 0.667 bits per heavy atom. The summed E-state index contributed by atoms with van der Waals surface area (Å²) in [6, 6.07) is 48.0. The number of piperazine rings is 1. The Balaban J connectivity index is 0.825. The molecule has 2 aliphatic rings. The first kappa shape index (κ1) is 37.7. The molecular weight excluding hydrogens is 729 g/mol. The molecule has 0 unspecified atom stereocenters. The summed E-state index contributed by atoms with van der Waals surface area (Å²) in [6.07, 6.45) is 2.33. The lowest BCUT2D eigenvalue weighted by atomic mass is 9.93. The molecule has 0 atom stereocenters. The third-order valence-corrected chi connectivity index (χ3v) is 11.5. The third-order valence-electron chi connectivity index (χ3n) is 10.5. The predicted molar refractivity (Wildman–Crippen MR) is 230 cm³/mol. The van der Waals surface area contributed by atoms with Gasteiger partial charge in [-0.2, -0.15) is 0 Å². The van der Waals surface area contributed by atoms with Crippen LogP contribution in [0.1, 0.15) is 42.2 Å². The number of thioether (sulfide) groups is 1. The maximum Gasteiger partial charge on any atom is 0.338 e. The number of nitrogens with zero attached hydrogens (tertiary/aromatic N) is 3. The standard InChI is InChI=1S/C48H44N4O4S/c53-46-42-18-10-17-41-44(49-26-34-57-39-15-8-3-9-16-39)24-23-43(45(41)42)47(54)52(46)32-33-56-48(55)37-19-21-38(22-20-37)51-30-28-50(29-31-51)27-25-40(35-11-4-1-5-12-35)36-13-6-2-7-14-36/h1-25,49H,26-34H2. The largest absolute Gasteiger partial charge is 0.460 e. The van der Waals surface area contributed by atoms with Gasteiger partial charge in [0.2, 0.25) is 0 Å². The number of benzene rings is 6. The molecule has 1 N–H and O–H groups in total. The zero-order valence-electron chi connectivity index (χ0n) is 31.7. The highest BCUT2D eigenvalue weighted by Gasteiger charge is 2.33. The summed E-state index contributed by atoms with van der Waals surface area (Å²) >= 11 is 1.77. The van der Waals surface area contributed by atoms with E-state index in [-0.39, 0.29) is 25.0 Å². The fraction of sp³-hybridized carbons (Fsp3) is 0.188. The number of ether oxygens (including phenoxy) is 1. The molecule has 2 heterocycles. The van der Waals surface area contributed by atoms with E-state index >= 15 is 0 Å². The molecule has 1 saturated heterocycles. The van der Waals surface area contributed by atoms with Gasteiger partial charge in [0, 0.05) is 83.2 Å². The summed E-state index contributed by atoms with van der Waals surface area (Å²) in [5.74, 6) is -0.408. The zero-order valence-corrected chi connectivity index (χ0v) is 32.5. The smallest absolute Gasteiger partial charge is 0.338 e. The van der Waals surface area contributed by atoms with Crippen LogP contribution in [0.5, 0.6) is 0 Å². The molecule has 0 radical (unpaired) electrons. The lowest BCUT2D eigenvalue weighted by molar-refractivity contribution is 0.0405.